The first-order valence-corrected chi connectivity index (χ1v) is 5.24. The highest BCUT2D eigenvalue weighted by atomic mass is 19.1. The van der Waals surface area contributed by atoms with Crippen molar-refractivity contribution in [3.8, 4) is 6.19 Å². The molecule has 3 nitrogen and oxygen atoms in total. The van der Waals surface area contributed by atoms with E-state index in [2.05, 4.69) is 0 Å². The molecule has 0 aromatic heterocycles. The van der Waals surface area contributed by atoms with Gasteiger partial charge in [-0.3, -0.25) is 4.90 Å². The number of nitrogens with zero attached hydrogens (tertiary/aromatic N) is 3. The molecule has 0 saturated carbocycles. The molecule has 0 spiro atoms. The van der Waals surface area contributed by atoms with Gasteiger partial charge in [0, 0.05) is 26.7 Å². The van der Waals surface area contributed by atoms with Gasteiger partial charge in [0.15, 0.2) is 6.19 Å². The molecule has 16 heavy (non-hydrogen) atoms. The zero-order valence-electron chi connectivity index (χ0n) is 9.87. The van der Waals surface area contributed by atoms with Gasteiger partial charge < -0.3 is 4.90 Å². The molecule has 0 fully saturated rings. The second kappa shape index (κ2) is 5.36. The van der Waals surface area contributed by atoms with Crippen LogP contribution in [0.15, 0.2) is 18.2 Å². The van der Waals surface area contributed by atoms with Gasteiger partial charge in [-0.05, 0) is 18.6 Å². The van der Waals surface area contributed by atoms with E-state index in [0.29, 0.717) is 17.9 Å². The molecular weight excluding hydrogens is 205 g/mol. The maximum absolute atomic E-state index is 13.7. The predicted molar refractivity (Wildman–Crippen MR) is 64.0 cm³/mol. The monoisotopic (exact) mass is 221 g/mol. The summed E-state index contributed by atoms with van der Waals surface area (Å²) in [5.41, 5.74) is 1.13. The van der Waals surface area contributed by atoms with Crippen LogP contribution in [0.1, 0.15) is 13.3 Å². The van der Waals surface area contributed by atoms with E-state index in [-0.39, 0.29) is 5.82 Å². The van der Waals surface area contributed by atoms with Crippen LogP contribution in [-0.4, -0.2) is 20.6 Å². The van der Waals surface area contributed by atoms with Gasteiger partial charge in [-0.2, -0.15) is 5.26 Å². The summed E-state index contributed by atoms with van der Waals surface area (Å²) in [6, 6.07) is 4.84. The van der Waals surface area contributed by atoms with Crippen molar-refractivity contribution in [1.82, 2.24) is 0 Å². The lowest BCUT2D eigenvalue weighted by molar-refractivity contribution is 0.626. The molecule has 0 aliphatic carbocycles. The van der Waals surface area contributed by atoms with Crippen molar-refractivity contribution < 1.29 is 4.39 Å². The van der Waals surface area contributed by atoms with Gasteiger partial charge in [-0.15, -0.1) is 0 Å². The smallest absolute Gasteiger partial charge is 0.184 e. The topological polar surface area (TPSA) is 30.3 Å². The first-order chi connectivity index (χ1) is 7.60. The molecule has 1 aromatic rings. The molecule has 0 amide bonds. The number of hydrogen-bond acceptors (Lipinski definition) is 3. The quantitative estimate of drug-likeness (QED) is 0.578. The molecule has 0 aliphatic rings. The van der Waals surface area contributed by atoms with Crippen molar-refractivity contribution in [2.24, 2.45) is 0 Å². The summed E-state index contributed by atoms with van der Waals surface area (Å²) >= 11 is 0. The minimum Gasteiger partial charge on any atom is -0.375 e. The highest BCUT2D eigenvalue weighted by Gasteiger charge is 2.09. The summed E-state index contributed by atoms with van der Waals surface area (Å²) in [6.07, 6.45) is 2.90. The van der Waals surface area contributed by atoms with Gasteiger partial charge in [0.25, 0.3) is 0 Å². The third-order valence-electron chi connectivity index (χ3n) is 2.29. The second-order valence-electron chi connectivity index (χ2n) is 3.78. The Morgan fingerprint density at radius 3 is 2.50 bits per heavy atom. The van der Waals surface area contributed by atoms with E-state index in [9.17, 15) is 4.39 Å². The number of halogens is 1. The third kappa shape index (κ3) is 2.63. The maximum atomic E-state index is 13.7. The largest absolute Gasteiger partial charge is 0.375 e. The van der Waals surface area contributed by atoms with E-state index in [1.54, 1.807) is 31.1 Å². The van der Waals surface area contributed by atoms with Crippen molar-refractivity contribution >= 4 is 11.4 Å². The Morgan fingerprint density at radius 1 is 1.38 bits per heavy atom. The summed E-state index contributed by atoms with van der Waals surface area (Å²) in [7, 11) is 3.57. The second-order valence-corrected chi connectivity index (χ2v) is 3.78. The lowest BCUT2D eigenvalue weighted by Crippen LogP contribution is -2.18. The van der Waals surface area contributed by atoms with E-state index in [4.69, 9.17) is 5.26 Å². The molecule has 1 rings (SSSR count). The molecule has 1 aromatic carbocycles. The maximum Gasteiger partial charge on any atom is 0.184 e. The number of anilines is 2. The fraction of sp³-hybridized carbons (Fsp3) is 0.417. The Morgan fingerprint density at radius 2 is 2.06 bits per heavy atom. The third-order valence-corrected chi connectivity index (χ3v) is 2.29. The van der Waals surface area contributed by atoms with Crippen LogP contribution in [0, 0.1) is 17.3 Å². The minimum absolute atomic E-state index is 0.307. The van der Waals surface area contributed by atoms with Crippen LogP contribution in [0.2, 0.25) is 0 Å². The molecule has 0 aliphatic heterocycles. The van der Waals surface area contributed by atoms with Crippen LogP contribution >= 0.6 is 0 Å². The summed E-state index contributed by atoms with van der Waals surface area (Å²) in [6.45, 7) is 2.59. The predicted octanol–water partition coefficient (Wildman–Crippen LogP) is 2.59. The van der Waals surface area contributed by atoms with Gasteiger partial charge in [0.05, 0.1) is 11.4 Å². The zero-order chi connectivity index (χ0) is 12.1. The highest BCUT2D eigenvalue weighted by Crippen LogP contribution is 2.23. The van der Waals surface area contributed by atoms with E-state index in [0.717, 1.165) is 6.42 Å². The van der Waals surface area contributed by atoms with Crippen LogP contribution in [0.3, 0.4) is 0 Å². The Kier molecular flexibility index (Phi) is 4.12. The molecule has 0 unspecified atom stereocenters. The van der Waals surface area contributed by atoms with Crippen molar-refractivity contribution in [3.63, 3.8) is 0 Å². The first kappa shape index (κ1) is 12.3. The van der Waals surface area contributed by atoms with Crippen molar-refractivity contribution in [1.29, 1.82) is 5.26 Å². The van der Waals surface area contributed by atoms with Gasteiger partial charge in [0.1, 0.15) is 5.82 Å². The number of hydrogen-bond donors (Lipinski definition) is 0. The molecule has 4 heteroatoms. The molecule has 0 N–H and O–H groups in total. The van der Waals surface area contributed by atoms with Gasteiger partial charge in [-0.25, -0.2) is 4.39 Å². The number of rotatable bonds is 4. The van der Waals surface area contributed by atoms with E-state index >= 15 is 0 Å². The molecule has 86 valence electrons. The van der Waals surface area contributed by atoms with Gasteiger partial charge >= 0.3 is 0 Å². The summed E-state index contributed by atoms with van der Waals surface area (Å²) in [5.74, 6) is -0.307. The molecule has 0 saturated heterocycles. The average molecular weight is 221 g/mol. The summed E-state index contributed by atoms with van der Waals surface area (Å²) in [5, 5.41) is 8.92. The van der Waals surface area contributed by atoms with Gasteiger partial charge in [-0.1, -0.05) is 6.92 Å². The van der Waals surface area contributed by atoms with E-state index < -0.39 is 0 Å². The Hall–Kier alpha value is -1.76. The SMILES string of the molecule is CCCN(C#N)c1ccc(N(C)C)c(F)c1. The lowest BCUT2D eigenvalue weighted by atomic mass is 10.2. The summed E-state index contributed by atoms with van der Waals surface area (Å²) < 4.78 is 13.7. The molecule has 0 atom stereocenters. The average Bonchev–Trinajstić information content (AvgIpc) is 2.25. The number of benzene rings is 1. The minimum atomic E-state index is -0.307. The Balaban J connectivity index is 3.00. The fourth-order valence-corrected chi connectivity index (χ4v) is 1.49. The lowest BCUT2D eigenvalue weighted by Gasteiger charge is -2.18. The van der Waals surface area contributed by atoms with Crippen LogP contribution in [0.4, 0.5) is 15.8 Å². The molecule has 0 radical (unpaired) electrons. The van der Waals surface area contributed by atoms with Crippen LogP contribution in [0.5, 0.6) is 0 Å². The fourth-order valence-electron chi connectivity index (χ4n) is 1.49. The van der Waals surface area contributed by atoms with Crippen LogP contribution in [0.25, 0.3) is 0 Å². The molecular formula is C12H16FN3. The van der Waals surface area contributed by atoms with Crippen molar-refractivity contribution in [2.45, 2.75) is 13.3 Å². The van der Waals surface area contributed by atoms with Crippen molar-refractivity contribution in [3.05, 3.63) is 24.0 Å². The Labute approximate surface area is 95.7 Å². The molecule has 0 bridgehead atoms. The van der Waals surface area contributed by atoms with Crippen LogP contribution < -0.4 is 9.80 Å². The van der Waals surface area contributed by atoms with Crippen LogP contribution in [-0.2, 0) is 0 Å². The van der Waals surface area contributed by atoms with E-state index in [1.165, 1.54) is 11.0 Å². The highest BCUT2D eigenvalue weighted by molar-refractivity contribution is 5.58. The first-order valence-electron chi connectivity index (χ1n) is 5.24. The van der Waals surface area contributed by atoms with E-state index in [1.807, 2.05) is 13.1 Å². The van der Waals surface area contributed by atoms with Crippen molar-refractivity contribution in [2.75, 3.05) is 30.4 Å². The Bertz CT molecular complexity index is 396. The number of nitriles is 1. The normalized spacial score (nSPS) is 9.69. The molecule has 0 heterocycles. The summed E-state index contributed by atoms with van der Waals surface area (Å²) in [4.78, 5) is 3.19. The van der Waals surface area contributed by atoms with Gasteiger partial charge in [0.2, 0.25) is 0 Å². The standard InChI is InChI=1S/C12H16FN3/c1-4-7-16(9-14)10-5-6-12(15(2)3)11(13)8-10/h5-6,8H,4,7H2,1-3H3. The zero-order valence-corrected chi connectivity index (χ0v) is 9.87.